The molecule has 0 aliphatic carbocycles. The number of morpholine rings is 1. The minimum Gasteiger partial charge on any atom is -0.373 e. The van der Waals surface area contributed by atoms with Crippen molar-refractivity contribution in [2.45, 2.75) is 31.0 Å². The van der Waals surface area contributed by atoms with Crippen molar-refractivity contribution in [1.82, 2.24) is 4.31 Å². The van der Waals surface area contributed by atoms with E-state index in [0.717, 1.165) is 0 Å². The van der Waals surface area contributed by atoms with Crippen molar-refractivity contribution in [2.24, 2.45) is 0 Å². The van der Waals surface area contributed by atoms with Gasteiger partial charge < -0.3 is 10.1 Å². The largest absolute Gasteiger partial charge is 0.373 e. The Morgan fingerprint density at radius 3 is 2.43 bits per heavy atom. The molecule has 158 valence electrons. The molecule has 1 amide bonds. The quantitative estimate of drug-likeness (QED) is 0.652. The van der Waals surface area contributed by atoms with Gasteiger partial charge in [-0.15, -0.1) is 11.3 Å². The van der Waals surface area contributed by atoms with E-state index in [1.807, 2.05) is 13.8 Å². The highest BCUT2D eigenvalue weighted by Gasteiger charge is 2.32. The van der Waals surface area contributed by atoms with E-state index in [9.17, 15) is 17.6 Å². The Balaban J connectivity index is 1.50. The van der Waals surface area contributed by atoms with Crippen molar-refractivity contribution in [2.75, 3.05) is 18.4 Å². The Labute approximate surface area is 178 Å². The van der Waals surface area contributed by atoms with Crippen LogP contribution in [0.2, 0.25) is 0 Å². The van der Waals surface area contributed by atoms with Gasteiger partial charge in [0.15, 0.2) is 0 Å². The monoisotopic (exact) mass is 448 g/mol. The number of fused-ring (bicyclic) bond motifs is 1. The first-order chi connectivity index (χ1) is 14.2. The maximum Gasteiger partial charge on any atom is 0.265 e. The first-order valence-corrected chi connectivity index (χ1v) is 11.7. The maximum absolute atomic E-state index is 13.9. The van der Waals surface area contributed by atoms with Crippen LogP contribution in [0.1, 0.15) is 23.5 Å². The fraction of sp³-hybridized carbons (Fsp3) is 0.286. The van der Waals surface area contributed by atoms with Crippen LogP contribution in [0, 0.1) is 5.82 Å². The van der Waals surface area contributed by atoms with E-state index in [4.69, 9.17) is 4.74 Å². The Hall–Kier alpha value is -2.33. The molecule has 3 aromatic rings. The van der Waals surface area contributed by atoms with Crippen molar-refractivity contribution < 1.29 is 22.3 Å². The summed E-state index contributed by atoms with van der Waals surface area (Å²) in [5, 5.41) is 3.14. The molecule has 1 aromatic heterocycles. The van der Waals surface area contributed by atoms with E-state index >= 15 is 0 Å². The van der Waals surface area contributed by atoms with Crippen LogP contribution < -0.4 is 5.32 Å². The average Bonchev–Trinajstić information content (AvgIpc) is 3.14. The van der Waals surface area contributed by atoms with Gasteiger partial charge in [-0.05, 0) is 56.3 Å². The number of anilines is 1. The molecule has 2 heterocycles. The molecule has 1 fully saturated rings. The second-order valence-electron chi connectivity index (χ2n) is 7.32. The normalized spacial score (nSPS) is 20.4. The number of hydrogen-bond donors (Lipinski definition) is 1. The van der Waals surface area contributed by atoms with Gasteiger partial charge in [0.1, 0.15) is 5.82 Å². The Morgan fingerprint density at radius 2 is 1.80 bits per heavy atom. The number of halogens is 1. The maximum atomic E-state index is 13.9. The van der Waals surface area contributed by atoms with E-state index in [0.29, 0.717) is 33.7 Å². The number of ether oxygens (including phenoxy) is 1. The van der Waals surface area contributed by atoms with Gasteiger partial charge >= 0.3 is 0 Å². The number of carbonyl (C=O) groups is 1. The Kier molecular flexibility index (Phi) is 5.63. The van der Waals surface area contributed by atoms with Gasteiger partial charge in [0.2, 0.25) is 10.0 Å². The van der Waals surface area contributed by atoms with Gasteiger partial charge in [-0.25, -0.2) is 12.8 Å². The molecular weight excluding hydrogens is 427 g/mol. The van der Waals surface area contributed by atoms with Crippen LogP contribution in [-0.4, -0.2) is 43.9 Å². The molecule has 1 N–H and O–H groups in total. The van der Waals surface area contributed by atoms with E-state index in [1.165, 1.54) is 39.9 Å². The predicted octanol–water partition coefficient (Wildman–Crippen LogP) is 4.09. The van der Waals surface area contributed by atoms with Crippen molar-refractivity contribution in [3.8, 4) is 0 Å². The summed E-state index contributed by atoms with van der Waals surface area (Å²) in [4.78, 5) is 13.1. The summed E-state index contributed by atoms with van der Waals surface area (Å²) in [6.45, 7) is 4.29. The van der Waals surface area contributed by atoms with Crippen molar-refractivity contribution >= 4 is 43.0 Å². The van der Waals surface area contributed by atoms with E-state index in [1.54, 1.807) is 24.3 Å². The van der Waals surface area contributed by atoms with Crippen LogP contribution in [0.25, 0.3) is 10.1 Å². The first kappa shape index (κ1) is 20.9. The molecule has 1 aliphatic rings. The average molecular weight is 449 g/mol. The number of thiophene rings is 1. The number of carbonyl (C=O) groups excluding carboxylic acids is 1. The first-order valence-electron chi connectivity index (χ1n) is 9.49. The summed E-state index contributed by atoms with van der Waals surface area (Å²) in [5.74, 6) is -0.744. The Bertz CT molecular complexity index is 1180. The van der Waals surface area contributed by atoms with Crippen LogP contribution >= 0.6 is 11.3 Å². The summed E-state index contributed by atoms with van der Waals surface area (Å²) in [6, 6.07) is 12.3. The van der Waals surface area contributed by atoms with E-state index in [2.05, 4.69) is 5.32 Å². The van der Waals surface area contributed by atoms with Gasteiger partial charge in [0.25, 0.3) is 5.91 Å². The van der Waals surface area contributed by atoms with Gasteiger partial charge in [-0.3, -0.25) is 4.79 Å². The standard InChI is InChI=1S/C21H21FN2O4S2/c1-13-11-24(12-14(2)28-13)30(26,27)16-8-6-15(7-9-16)23-21(25)20-10-17-18(22)4-3-5-19(17)29-20/h3-10,13-14H,11-12H2,1-2H3,(H,23,25). The number of rotatable bonds is 4. The van der Waals surface area contributed by atoms with E-state index in [-0.39, 0.29) is 28.8 Å². The van der Waals surface area contributed by atoms with Gasteiger partial charge in [-0.2, -0.15) is 4.31 Å². The minimum atomic E-state index is -3.65. The summed E-state index contributed by atoms with van der Waals surface area (Å²) in [5.41, 5.74) is 0.459. The summed E-state index contributed by atoms with van der Waals surface area (Å²) < 4.78 is 47.4. The predicted molar refractivity (Wildman–Crippen MR) is 115 cm³/mol. The molecule has 2 aromatic carbocycles. The molecular formula is C21H21FN2O4S2. The molecule has 0 bridgehead atoms. The number of sulfonamides is 1. The second kappa shape index (κ2) is 8.07. The zero-order valence-corrected chi connectivity index (χ0v) is 18.1. The lowest BCUT2D eigenvalue weighted by molar-refractivity contribution is -0.0440. The fourth-order valence-corrected chi connectivity index (χ4v) is 6.08. The van der Waals surface area contributed by atoms with Crippen LogP contribution in [0.3, 0.4) is 0 Å². The van der Waals surface area contributed by atoms with Crippen molar-refractivity contribution in [3.63, 3.8) is 0 Å². The second-order valence-corrected chi connectivity index (χ2v) is 10.3. The molecule has 2 atom stereocenters. The number of benzene rings is 2. The Morgan fingerprint density at radius 1 is 1.13 bits per heavy atom. The molecule has 30 heavy (non-hydrogen) atoms. The molecule has 0 saturated carbocycles. The summed E-state index contributed by atoms with van der Waals surface area (Å²) in [7, 11) is -3.65. The zero-order valence-electron chi connectivity index (χ0n) is 16.5. The molecule has 0 radical (unpaired) electrons. The van der Waals surface area contributed by atoms with Crippen LogP contribution in [0.4, 0.5) is 10.1 Å². The lowest BCUT2D eigenvalue weighted by atomic mass is 10.2. The number of amides is 1. The highest BCUT2D eigenvalue weighted by Crippen LogP contribution is 2.28. The molecule has 0 spiro atoms. The number of nitrogens with one attached hydrogen (secondary N) is 1. The molecule has 4 rings (SSSR count). The van der Waals surface area contributed by atoms with E-state index < -0.39 is 10.0 Å². The lowest BCUT2D eigenvalue weighted by Crippen LogP contribution is -2.48. The topological polar surface area (TPSA) is 75.7 Å². The van der Waals surface area contributed by atoms with Gasteiger partial charge in [0.05, 0.1) is 22.0 Å². The minimum absolute atomic E-state index is 0.158. The molecule has 1 aliphatic heterocycles. The third kappa shape index (κ3) is 4.11. The van der Waals surface area contributed by atoms with Crippen LogP contribution in [-0.2, 0) is 14.8 Å². The van der Waals surface area contributed by atoms with Crippen molar-refractivity contribution in [3.05, 3.63) is 59.2 Å². The smallest absolute Gasteiger partial charge is 0.265 e. The molecule has 9 heteroatoms. The van der Waals surface area contributed by atoms with Gasteiger partial charge in [0, 0.05) is 28.9 Å². The third-order valence-corrected chi connectivity index (χ3v) is 7.81. The summed E-state index contributed by atoms with van der Waals surface area (Å²) >= 11 is 1.20. The number of hydrogen-bond acceptors (Lipinski definition) is 5. The fourth-order valence-electron chi connectivity index (χ4n) is 3.52. The lowest BCUT2D eigenvalue weighted by Gasteiger charge is -2.34. The molecule has 1 saturated heterocycles. The highest BCUT2D eigenvalue weighted by atomic mass is 32.2. The SMILES string of the molecule is CC1CN(S(=O)(=O)c2ccc(NC(=O)c3cc4c(F)cccc4s3)cc2)CC(C)O1. The molecule has 6 nitrogen and oxygen atoms in total. The zero-order chi connectivity index (χ0) is 21.5. The third-order valence-electron chi connectivity index (χ3n) is 4.87. The van der Waals surface area contributed by atoms with Crippen LogP contribution in [0.15, 0.2) is 53.4 Å². The highest BCUT2D eigenvalue weighted by molar-refractivity contribution is 7.89. The summed E-state index contributed by atoms with van der Waals surface area (Å²) in [6.07, 6.45) is -0.346. The number of nitrogens with zero attached hydrogens (tertiary/aromatic N) is 1. The van der Waals surface area contributed by atoms with Gasteiger partial charge in [-0.1, -0.05) is 6.07 Å². The van der Waals surface area contributed by atoms with Crippen LogP contribution in [0.5, 0.6) is 0 Å². The van der Waals surface area contributed by atoms with Crippen molar-refractivity contribution in [1.29, 1.82) is 0 Å². The molecule has 2 unspecified atom stereocenters.